The van der Waals surface area contributed by atoms with E-state index in [2.05, 4.69) is 45.6 Å². The lowest BCUT2D eigenvalue weighted by Crippen LogP contribution is -2.00. The maximum Gasteiger partial charge on any atom is 0.223 e. The van der Waals surface area contributed by atoms with Gasteiger partial charge in [0.05, 0.1) is 6.33 Å². The number of aryl methyl sites for hydroxylation is 1. The standard InChI is InChI=1S/C28H42ClN5/c1-2-3-4-5-6-7-8-9-10-11-12-13-14-15-16-17-18-19-20-21-22-23-34-24-31-27-25(34)26(29)32-28(30)33-27/h24H,2-10,15-23H2,1H3,(H2,30,32,33). The van der Waals surface area contributed by atoms with Crippen molar-refractivity contribution in [1.29, 1.82) is 0 Å². The summed E-state index contributed by atoms with van der Waals surface area (Å²) in [5.41, 5.74) is 6.96. The first-order valence-electron chi connectivity index (χ1n) is 13.3. The number of nitrogen functional groups attached to an aromatic ring is 1. The first kappa shape index (κ1) is 28.0. The summed E-state index contributed by atoms with van der Waals surface area (Å²) in [6, 6.07) is 0. The zero-order valence-electron chi connectivity index (χ0n) is 21.0. The molecular formula is C28H42ClN5. The number of fused-ring (bicyclic) bond motifs is 1. The van der Waals surface area contributed by atoms with Crippen LogP contribution < -0.4 is 5.73 Å². The Morgan fingerprint density at radius 1 is 0.765 bits per heavy atom. The van der Waals surface area contributed by atoms with Crippen LogP contribution in [0, 0.1) is 23.7 Å². The van der Waals surface area contributed by atoms with Crippen molar-refractivity contribution in [1.82, 2.24) is 19.5 Å². The molecule has 2 aromatic rings. The third kappa shape index (κ3) is 11.8. The van der Waals surface area contributed by atoms with Crippen molar-refractivity contribution < 1.29 is 0 Å². The number of nitrogens with zero attached hydrogens (tertiary/aromatic N) is 4. The van der Waals surface area contributed by atoms with Gasteiger partial charge >= 0.3 is 0 Å². The van der Waals surface area contributed by atoms with E-state index in [1.54, 1.807) is 6.33 Å². The Kier molecular flexibility index (Phi) is 14.9. The Hall–Kier alpha value is -2.24. The Morgan fingerprint density at radius 3 is 1.88 bits per heavy atom. The predicted molar refractivity (Wildman–Crippen MR) is 144 cm³/mol. The summed E-state index contributed by atoms with van der Waals surface area (Å²) in [4.78, 5) is 12.4. The summed E-state index contributed by atoms with van der Waals surface area (Å²) < 4.78 is 2.02. The van der Waals surface area contributed by atoms with Crippen LogP contribution >= 0.6 is 11.6 Å². The second-order valence-electron chi connectivity index (χ2n) is 9.04. The smallest absolute Gasteiger partial charge is 0.223 e. The molecule has 0 amide bonds. The topological polar surface area (TPSA) is 69.6 Å². The van der Waals surface area contributed by atoms with E-state index < -0.39 is 0 Å². The van der Waals surface area contributed by atoms with Crippen molar-refractivity contribution in [3.05, 3.63) is 11.5 Å². The molecule has 0 atom stereocenters. The van der Waals surface area contributed by atoms with Gasteiger partial charge in [-0.05, 0) is 31.1 Å². The number of halogens is 1. The van der Waals surface area contributed by atoms with Crippen LogP contribution in [0.15, 0.2) is 6.33 Å². The molecule has 0 aromatic carbocycles. The van der Waals surface area contributed by atoms with Crippen LogP contribution in [0.3, 0.4) is 0 Å². The molecule has 0 spiro atoms. The van der Waals surface area contributed by atoms with Gasteiger partial charge in [-0.25, -0.2) is 4.98 Å². The first-order chi connectivity index (χ1) is 16.7. The highest BCUT2D eigenvalue weighted by atomic mass is 35.5. The molecule has 186 valence electrons. The van der Waals surface area contributed by atoms with Gasteiger partial charge in [0.25, 0.3) is 0 Å². The van der Waals surface area contributed by atoms with E-state index in [1.165, 1.54) is 89.9 Å². The fraction of sp³-hybridized carbons (Fsp3) is 0.679. The molecule has 2 N–H and O–H groups in total. The molecule has 0 aliphatic carbocycles. The van der Waals surface area contributed by atoms with Gasteiger partial charge in [0.1, 0.15) is 5.52 Å². The molecule has 0 aliphatic heterocycles. The van der Waals surface area contributed by atoms with Crippen LogP contribution in [0.1, 0.15) is 116 Å². The van der Waals surface area contributed by atoms with Crippen molar-refractivity contribution in [3.63, 3.8) is 0 Å². The molecular weight excluding hydrogens is 442 g/mol. The summed E-state index contributed by atoms with van der Waals surface area (Å²) in [5.74, 6) is 12.6. The van der Waals surface area contributed by atoms with Gasteiger partial charge in [0, 0.05) is 19.4 Å². The number of hydrogen-bond donors (Lipinski definition) is 1. The van der Waals surface area contributed by atoms with Gasteiger partial charge in [-0.15, -0.1) is 0 Å². The van der Waals surface area contributed by atoms with E-state index in [1.807, 2.05) is 4.57 Å². The van der Waals surface area contributed by atoms with Gasteiger partial charge in [-0.3, -0.25) is 0 Å². The Labute approximate surface area is 211 Å². The summed E-state index contributed by atoms with van der Waals surface area (Å²) in [6.07, 6.45) is 23.0. The molecule has 6 heteroatoms. The Morgan fingerprint density at radius 2 is 1.29 bits per heavy atom. The number of anilines is 1. The lowest BCUT2D eigenvalue weighted by molar-refractivity contribution is 0.551. The highest BCUT2D eigenvalue weighted by molar-refractivity contribution is 6.33. The van der Waals surface area contributed by atoms with Crippen molar-refractivity contribution in [2.75, 3.05) is 5.73 Å². The molecule has 0 radical (unpaired) electrons. The van der Waals surface area contributed by atoms with E-state index in [-0.39, 0.29) is 5.95 Å². The number of aromatic nitrogens is 4. The summed E-state index contributed by atoms with van der Waals surface area (Å²) >= 11 is 6.20. The molecule has 0 unspecified atom stereocenters. The van der Waals surface area contributed by atoms with Gasteiger partial charge in [-0.1, -0.05) is 107 Å². The summed E-state index contributed by atoms with van der Waals surface area (Å²) in [5, 5.41) is 0.373. The van der Waals surface area contributed by atoms with Crippen molar-refractivity contribution in [2.24, 2.45) is 0 Å². The van der Waals surface area contributed by atoms with E-state index in [9.17, 15) is 0 Å². The highest BCUT2D eigenvalue weighted by Crippen LogP contribution is 2.21. The Bertz CT molecular complexity index is 945. The lowest BCUT2D eigenvalue weighted by atomic mass is 10.1. The molecule has 5 nitrogen and oxygen atoms in total. The maximum atomic E-state index is 6.20. The van der Waals surface area contributed by atoms with Gasteiger partial charge in [0.2, 0.25) is 5.95 Å². The third-order valence-electron chi connectivity index (χ3n) is 6.04. The SMILES string of the molecule is CCCCCCCCCCC#CC#CCCCCCCCCCn1cnc2nc(N)nc(Cl)c21. The largest absolute Gasteiger partial charge is 0.368 e. The number of hydrogen-bond acceptors (Lipinski definition) is 4. The molecule has 0 saturated heterocycles. The molecule has 0 saturated carbocycles. The van der Waals surface area contributed by atoms with E-state index >= 15 is 0 Å². The fourth-order valence-electron chi connectivity index (χ4n) is 4.06. The summed E-state index contributed by atoms with van der Waals surface area (Å²) in [6.45, 7) is 3.14. The highest BCUT2D eigenvalue weighted by Gasteiger charge is 2.10. The molecule has 2 aromatic heterocycles. The molecule has 0 bridgehead atoms. The van der Waals surface area contributed by atoms with E-state index in [4.69, 9.17) is 17.3 Å². The van der Waals surface area contributed by atoms with E-state index in [0.29, 0.717) is 10.8 Å². The molecule has 2 heterocycles. The zero-order valence-corrected chi connectivity index (χ0v) is 21.8. The van der Waals surface area contributed by atoms with Gasteiger partial charge < -0.3 is 10.3 Å². The maximum absolute atomic E-state index is 6.20. The zero-order chi connectivity index (χ0) is 24.3. The number of rotatable bonds is 17. The average molecular weight is 484 g/mol. The number of unbranched alkanes of at least 4 members (excludes halogenated alkanes) is 15. The molecule has 2 rings (SSSR count). The van der Waals surface area contributed by atoms with Crippen LogP contribution in [0.2, 0.25) is 5.15 Å². The normalized spacial score (nSPS) is 10.6. The molecule has 0 fully saturated rings. The number of imidazole rings is 1. The minimum Gasteiger partial charge on any atom is -0.368 e. The van der Waals surface area contributed by atoms with Gasteiger partial charge in [-0.2, -0.15) is 9.97 Å². The fourth-order valence-corrected chi connectivity index (χ4v) is 4.34. The van der Waals surface area contributed by atoms with Crippen LogP contribution in [-0.4, -0.2) is 19.5 Å². The number of nitrogens with two attached hydrogens (primary N) is 1. The monoisotopic (exact) mass is 483 g/mol. The van der Waals surface area contributed by atoms with Crippen molar-refractivity contribution in [2.45, 2.75) is 123 Å². The van der Waals surface area contributed by atoms with Crippen LogP contribution in [0.25, 0.3) is 11.2 Å². The van der Waals surface area contributed by atoms with Crippen molar-refractivity contribution >= 4 is 28.7 Å². The minimum atomic E-state index is 0.163. The molecule has 0 aliphatic rings. The van der Waals surface area contributed by atoms with Crippen LogP contribution in [0.4, 0.5) is 5.95 Å². The quantitative estimate of drug-likeness (QED) is 0.142. The van der Waals surface area contributed by atoms with Crippen molar-refractivity contribution in [3.8, 4) is 23.7 Å². The van der Waals surface area contributed by atoms with E-state index in [0.717, 1.165) is 31.3 Å². The lowest BCUT2D eigenvalue weighted by Gasteiger charge is -2.05. The Balaban J connectivity index is 1.39. The minimum absolute atomic E-state index is 0.163. The third-order valence-corrected chi connectivity index (χ3v) is 6.31. The van der Waals surface area contributed by atoms with Crippen LogP contribution in [-0.2, 0) is 6.54 Å². The molecule has 34 heavy (non-hydrogen) atoms. The van der Waals surface area contributed by atoms with Crippen LogP contribution in [0.5, 0.6) is 0 Å². The first-order valence-corrected chi connectivity index (χ1v) is 13.7. The predicted octanol–water partition coefficient (Wildman–Crippen LogP) is 7.72. The average Bonchev–Trinajstić information content (AvgIpc) is 3.23. The second-order valence-corrected chi connectivity index (χ2v) is 9.39. The summed E-state index contributed by atoms with van der Waals surface area (Å²) in [7, 11) is 0. The van der Waals surface area contributed by atoms with Gasteiger partial charge in [0.15, 0.2) is 10.8 Å². The second kappa shape index (κ2) is 18.1.